The Morgan fingerprint density at radius 1 is 1.50 bits per heavy atom. The molecule has 0 spiro atoms. The standard InChI is InChI=1S/C10H11N3O/c1-3-11-9(7-2-4-14-5-7)10-8(1)12-6-13-10/h2,4-6,9,11H,1,3H2,(H,12,13). The van der Waals surface area contributed by atoms with Crippen molar-refractivity contribution < 1.29 is 4.42 Å². The summed E-state index contributed by atoms with van der Waals surface area (Å²) in [6.07, 6.45) is 6.23. The van der Waals surface area contributed by atoms with Gasteiger partial charge in [-0.1, -0.05) is 0 Å². The van der Waals surface area contributed by atoms with Crippen molar-refractivity contribution in [1.29, 1.82) is 0 Å². The number of rotatable bonds is 1. The van der Waals surface area contributed by atoms with Gasteiger partial charge in [0.05, 0.1) is 30.6 Å². The summed E-state index contributed by atoms with van der Waals surface area (Å²) >= 11 is 0. The van der Waals surface area contributed by atoms with E-state index >= 15 is 0 Å². The first-order chi connectivity index (χ1) is 6.95. The van der Waals surface area contributed by atoms with Crippen LogP contribution < -0.4 is 5.32 Å². The van der Waals surface area contributed by atoms with Crippen molar-refractivity contribution in [2.24, 2.45) is 0 Å². The first-order valence-electron chi connectivity index (χ1n) is 4.73. The second-order valence-electron chi connectivity index (χ2n) is 3.46. The number of aromatic nitrogens is 2. The van der Waals surface area contributed by atoms with Crippen LogP contribution in [-0.4, -0.2) is 16.5 Å². The predicted octanol–water partition coefficient (Wildman–Crippen LogP) is 1.24. The Bertz CT molecular complexity index is 418. The molecule has 2 aromatic heterocycles. The monoisotopic (exact) mass is 189 g/mol. The highest BCUT2D eigenvalue weighted by Crippen LogP contribution is 2.25. The van der Waals surface area contributed by atoms with Crippen LogP contribution in [0.1, 0.15) is 23.0 Å². The predicted molar refractivity (Wildman–Crippen MR) is 50.8 cm³/mol. The third kappa shape index (κ3) is 1.08. The summed E-state index contributed by atoms with van der Waals surface area (Å²) in [6, 6.07) is 2.16. The van der Waals surface area contributed by atoms with Gasteiger partial charge in [0.2, 0.25) is 0 Å². The van der Waals surface area contributed by atoms with E-state index in [1.54, 1.807) is 18.9 Å². The lowest BCUT2D eigenvalue weighted by molar-refractivity contribution is 0.530. The molecule has 1 aliphatic heterocycles. The van der Waals surface area contributed by atoms with Gasteiger partial charge in [-0.2, -0.15) is 0 Å². The Morgan fingerprint density at radius 3 is 3.36 bits per heavy atom. The normalized spacial score (nSPS) is 20.7. The number of fused-ring (bicyclic) bond motifs is 1. The summed E-state index contributed by atoms with van der Waals surface area (Å²) in [6.45, 7) is 0.977. The van der Waals surface area contributed by atoms with Gasteiger partial charge in [-0.25, -0.2) is 4.98 Å². The molecule has 0 saturated heterocycles. The van der Waals surface area contributed by atoms with Crippen LogP contribution in [0, 0.1) is 0 Å². The van der Waals surface area contributed by atoms with Crippen LogP contribution in [0.5, 0.6) is 0 Å². The van der Waals surface area contributed by atoms with Gasteiger partial charge in [-0.15, -0.1) is 0 Å². The summed E-state index contributed by atoms with van der Waals surface area (Å²) in [5, 5.41) is 3.42. The van der Waals surface area contributed by atoms with Gasteiger partial charge in [-0.05, 0) is 6.07 Å². The molecule has 3 heterocycles. The minimum atomic E-state index is 0.184. The Balaban J connectivity index is 2.04. The molecule has 2 aromatic rings. The first-order valence-corrected chi connectivity index (χ1v) is 4.73. The molecule has 1 unspecified atom stereocenters. The number of hydrogen-bond acceptors (Lipinski definition) is 3. The molecule has 0 fully saturated rings. The fraction of sp³-hybridized carbons (Fsp3) is 0.300. The van der Waals surface area contributed by atoms with Crippen molar-refractivity contribution in [3.05, 3.63) is 41.9 Å². The second-order valence-corrected chi connectivity index (χ2v) is 3.46. The highest BCUT2D eigenvalue weighted by atomic mass is 16.3. The van der Waals surface area contributed by atoms with Crippen LogP contribution in [-0.2, 0) is 6.42 Å². The molecule has 0 amide bonds. The van der Waals surface area contributed by atoms with Gasteiger partial charge >= 0.3 is 0 Å². The number of nitrogens with zero attached hydrogens (tertiary/aromatic N) is 1. The lowest BCUT2D eigenvalue weighted by Crippen LogP contribution is -2.30. The molecule has 4 heteroatoms. The van der Waals surface area contributed by atoms with E-state index in [2.05, 4.69) is 15.3 Å². The highest BCUT2D eigenvalue weighted by molar-refractivity contribution is 5.29. The Hall–Kier alpha value is -1.55. The van der Waals surface area contributed by atoms with Crippen molar-refractivity contribution in [2.75, 3.05) is 6.54 Å². The second kappa shape index (κ2) is 2.99. The largest absolute Gasteiger partial charge is 0.472 e. The van der Waals surface area contributed by atoms with Crippen molar-refractivity contribution in [1.82, 2.24) is 15.3 Å². The van der Waals surface area contributed by atoms with Crippen LogP contribution in [0.2, 0.25) is 0 Å². The SMILES string of the molecule is c1nc2c([nH]1)CCNC2c1ccoc1. The lowest BCUT2D eigenvalue weighted by Gasteiger charge is -2.21. The van der Waals surface area contributed by atoms with Gasteiger partial charge in [0.25, 0.3) is 0 Å². The quantitative estimate of drug-likeness (QED) is 0.709. The maximum absolute atomic E-state index is 5.08. The zero-order valence-electron chi connectivity index (χ0n) is 7.66. The zero-order valence-corrected chi connectivity index (χ0v) is 7.66. The van der Waals surface area contributed by atoms with Gasteiger partial charge < -0.3 is 14.7 Å². The maximum Gasteiger partial charge on any atom is 0.0954 e. The van der Waals surface area contributed by atoms with E-state index in [1.807, 2.05) is 6.07 Å². The fourth-order valence-electron chi connectivity index (χ4n) is 1.93. The summed E-state index contributed by atoms with van der Waals surface area (Å²) in [7, 11) is 0. The minimum Gasteiger partial charge on any atom is -0.472 e. The van der Waals surface area contributed by atoms with E-state index in [0.29, 0.717) is 0 Å². The Morgan fingerprint density at radius 2 is 2.50 bits per heavy atom. The average Bonchev–Trinajstić information content (AvgIpc) is 2.88. The van der Waals surface area contributed by atoms with Crippen LogP contribution in [0.15, 0.2) is 29.3 Å². The smallest absolute Gasteiger partial charge is 0.0954 e. The van der Waals surface area contributed by atoms with Crippen molar-refractivity contribution in [3.63, 3.8) is 0 Å². The summed E-state index contributed by atoms with van der Waals surface area (Å²) in [4.78, 5) is 7.50. The van der Waals surface area contributed by atoms with Crippen LogP contribution in [0.4, 0.5) is 0 Å². The van der Waals surface area contributed by atoms with E-state index in [4.69, 9.17) is 4.42 Å². The molecule has 3 rings (SSSR count). The molecule has 1 atom stereocenters. The molecule has 14 heavy (non-hydrogen) atoms. The van der Waals surface area contributed by atoms with E-state index in [9.17, 15) is 0 Å². The summed E-state index contributed by atoms with van der Waals surface area (Å²) in [5.41, 5.74) is 3.46. The van der Waals surface area contributed by atoms with Crippen molar-refractivity contribution >= 4 is 0 Å². The minimum absolute atomic E-state index is 0.184. The average molecular weight is 189 g/mol. The highest BCUT2D eigenvalue weighted by Gasteiger charge is 2.23. The maximum atomic E-state index is 5.08. The van der Waals surface area contributed by atoms with E-state index < -0.39 is 0 Å². The number of imidazole rings is 1. The van der Waals surface area contributed by atoms with Crippen LogP contribution in [0.3, 0.4) is 0 Å². The molecular weight excluding hydrogens is 178 g/mol. The molecule has 0 aliphatic carbocycles. The number of H-pyrrole nitrogens is 1. The van der Waals surface area contributed by atoms with Gasteiger partial charge in [-0.3, -0.25) is 0 Å². The Labute approximate surface area is 81.4 Å². The van der Waals surface area contributed by atoms with E-state index in [1.165, 1.54) is 5.69 Å². The third-order valence-electron chi connectivity index (χ3n) is 2.63. The van der Waals surface area contributed by atoms with Gasteiger partial charge in [0.15, 0.2) is 0 Å². The van der Waals surface area contributed by atoms with Gasteiger partial charge in [0.1, 0.15) is 0 Å². The topological polar surface area (TPSA) is 53.9 Å². The summed E-state index contributed by atoms with van der Waals surface area (Å²) in [5.74, 6) is 0. The molecular formula is C10H11N3O. The summed E-state index contributed by atoms with van der Waals surface area (Å²) < 4.78 is 5.08. The number of nitrogens with one attached hydrogen (secondary N) is 2. The molecule has 0 aromatic carbocycles. The van der Waals surface area contributed by atoms with Crippen molar-refractivity contribution in [2.45, 2.75) is 12.5 Å². The van der Waals surface area contributed by atoms with Crippen LogP contribution in [0.25, 0.3) is 0 Å². The zero-order chi connectivity index (χ0) is 9.38. The number of aromatic amines is 1. The number of hydrogen-bond donors (Lipinski definition) is 2. The molecule has 72 valence electrons. The molecule has 4 nitrogen and oxygen atoms in total. The lowest BCUT2D eigenvalue weighted by atomic mass is 10.0. The van der Waals surface area contributed by atoms with Crippen molar-refractivity contribution in [3.8, 4) is 0 Å². The molecule has 0 saturated carbocycles. The molecule has 0 radical (unpaired) electrons. The van der Waals surface area contributed by atoms with E-state index in [-0.39, 0.29) is 6.04 Å². The number of furan rings is 1. The van der Waals surface area contributed by atoms with Crippen LogP contribution >= 0.6 is 0 Å². The van der Waals surface area contributed by atoms with Gasteiger partial charge in [0, 0.05) is 24.2 Å². The molecule has 0 bridgehead atoms. The molecule has 1 aliphatic rings. The molecule has 2 N–H and O–H groups in total. The fourth-order valence-corrected chi connectivity index (χ4v) is 1.93. The van der Waals surface area contributed by atoms with E-state index in [0.717, 1.165) is 24.2 Å². The third-order valence-corrected chi connectivity index (χ3v) is 2.63. The Kier molecular flexibility index (Phi) is 1.67. The first kappa shape index (κ1) is 7.82.